The van der Waals surface area contributed by atoms with Crippen LogP contribution in [0.25, 0.3) is 0 Å². The van der Waals surface area contributed by atoms with Gasteiger partial charge >= 0.3 is 0 Å². The second-order valence-electron chi connectivity index (χ2n) is 5.62. The summed E-state index contributed by atoms with van der Waals surface area (Å²) in [7, 11) is 0. The van der Waals surface area contributed by atoms with E-state index >= 15 is 0 Å². The monoisotopic (exact) mass is 214 g/mol. The standard InChI is InChI=1S/C14H27F/c1-8-13(15)9-14(6,7)12(5)11(4)10(2)3/h11-13H,2,8-9H2,1,3-7H3. The van der Waals surface area contributed by atoms with E-state index in [9.17, 15) is 4.39 Å². The van der Waals surface area contributed by atoms with Crippen molar-refractivity contribution in [1.82, 2.24) is 0 Å². The lowest BCUT2D eigenvalue weighted by molar-refractivity contribution is 0.118. The van der Waals surface area contributed by atoms with Gasteiger partial charge in [-0.05, 0) is 37.0 Å². The van der Waals surface area contributed by atoms with Crippen molar-refractivity contribution in [3.63, 3.8) is 0 Å². The highest BCUT2D eigenvalue weighted by molar-refractivity contribution is 4.99. The topological polar surface area (TPSA) is 0 Å². The first kappa shape index (κ1) is 14.7. The second-order valence-corrected chi connectivity index (χ2v) is 5.62. The Morgan fingerprint density at radius 3 is 2.13 bits per heavy atom. The van der Waals surface area contributed by atoms with Crippen LogP contribution < -0.4 is 0 Å². The molecule has 3 unspecified atom stereocenters. The molecule has 0 aliphatic rings. The predicted octanol–water partition coefficient (Wildman–Crippen LogP) is 5.00. The van der Waals surface area contributed by atoms with Crippen LogP contribution in [0.3, 0.4) is 0 Å². The molecule has 0 heterocycles. The third kappa shape index (κ3) is 4.36. The molecule has 0 spiro atoms. The summed E-state index contributed by atoms with van der Waals surface area (Å²) in [6, 6.07) is 0. The average molecular weight is 214 g/mol. The zero-order valence-electron chi connectivity index (χ0n) is 11.2. The fraction of sp³-hybridized carbons (Fsp3) is 0.857. The summed E-state index contributed by atoms with van der Waals surface area (Å²) < 4.78 is 13.4. The van der Waals surface area contributed by atoms with Crippen LogP contribution in [0.15, 0.2) is 12.2 Å². The lowest BCUT2D eigenvalue weighted by atomic mass is 9.69. The molecular weight excluding hydrogens is 187 g/mol. The van der Waals surface area contributed by atoms with Crippen LogP contribution in [0.2, 0.25) is 0 Å². The number of hydrogen-bond acceptors (Lipinski definition) is 0. The molecule has 0 aliphatic heterocycles. The van der Waals surface area contributed by atoms with Gasteiger partial charge in [0.25, 0.3) is 0 Å². The van der Waals surface area contributed by atoms with Gasteiger partial charge in [0.2, 0.25) is 0 Å². The van der Waals surface area contributed by atoms with E-state index in [1.165, 1.54) is 5.57 Å². The third-order valence-electron chi connectivity index (χ3n) is 3.95. The number of allylic oxidation sites excluding steroid dienone is 1. The van der Waals surface area contributed by atoms with Crippen LogP contribution in [0.1, 0.15) is 54.4 Å². The predicted molar refractivity (Wildman–Crippen MR) is 66.7 cm³/mol. The molecule has 1 heteroatoms. The first-order valence-corrected chi connectivity index (χ1v) is 6.01. The summed E-state index contributed by atoms with van der Waals surface area (Å²) in [6.45, 7) is 16.7. The fourth-order valence-electron chi connectivity index (χ4n) is 2.00. The molecule has 0 aliphatic carbocycles. The zero-order valence-corrected chi connectivity index (χ0v) is 11.2. The summed E-state index contributed by atoms with van der Waals surface area (Å²) in [5.74, 6) is 0.934. The van der Waals surface area contributed by atoms with Crippen molar-refractivity contribution in [2.75, 3.05) is 0 Å². The van der Waals surface area contributed by atoms with E-state index in [0.717, 1.165) is 0 Å². The molecule has 0 fully saturated rings. The van der Waals surface area contributed by atoms with E-state index in [1.807, 2.05) is 6.92 Å². The van der Waals surface area contributed by atoms with Gasteiger partial charge in [0.1, 0.15) is 6.17 Å². The van der Waals surface area contributed by atoms with E-state index < -0.39 is 6.17 Å². The first-order chi connectivity index (χ1) is 6.72. The highest BCUT2D eigenvalue weighted by Gasteiger charge is 2.32. The molecule has 0 bridgehead atoms. The highest BCUT2D eigenvalue weighted by atomic mass is 19.1. The Morgan fingerprint density at radius 1 is 1.33 bits per heavy atom. The quantitative estimate of drug-likeness (QED) is 0.546. The molecule has 0 saturated heterocycles. The number of rotatable bonds is 6. The van der Waals surface area contributed by atoms with E-state index in [0.29, 0.717) is 24.7 Å². The summed E-state index contributed by atoms with van der Waals surface area (Å²) in [4.78, 5) is 0. The van der Waals surface area contributed by atoms with Crippen LogP contribution in [0.4, 0.5) is 4.39 Å². The van der Waals surface area contributed by atoms with Gasteiger partial charge in [0.05, 0.1) is 0 Å². The Hall–Kier alpha value is -0.330. The van der Waals surface area contributed by atoms with Crippen LogP contribution in [-0.2, 0) is 0 Å². The van der Waals surface area contributed by atoms with Crippen molar-refractivity contribution in [1.29, 1.82) is 0 Å². The Bertz CT molecular complexity index is 205. The third-order valence-corrected chi connectivity index (χ3v) is 3.95. The molecular formula is C14H27F. The molecule has 0 saturated carbocycles. The molecule has 0 aromatic heterocycles. The van der Waals surface area contributed by atoms with Gasteiger partial charge in [0, 0.05) is 0 Å². The lowest BCUT2D eigenvalue weighted by Crippen LogP contribution is -2.30. The second kappa shape index (κ2) is 5.67. The maximum atomic E-state index is 13.4. The molecule has 0 radical (unpaired) electrons. The molecule has 0 rings (SSSR count). The molecule has 0 amide bonds. The number of alkyl halides is 1. The summed E-state index contributed by atoms with van der Waals surface area (Å²) in [6.07, 6.45) is 0.611. The van der Waals surface area contributed by atoms with Crippen LogP contribution in [-0.4, -0.2) is 6.17 Å². The Kier molecular flexibility index (Phi) is 5.55. The molecule has 0 nitrogen and oxygen atoms in total. The van der Waals surface area contributed by atoms with Crippen LogP contribution >= 0.6 is 0 Å². The van der Waals surface area contributed by atoms with Crippen LogP contribution in [0, 0.1) is 17.3 Å². The van der Waals surface area contributed by atoms with Gasteiger partial charge in [-0.3, -0.25) is 0 Å². The van der Waals surface area contributed by atoms with E-state index in [1.54, 1.807) is 0 Å². The number of hydrogen-bond donors (Lipinski definition) is 0. The summed E-state index contributed by atoms with van der Waals surface area (Å²) in [5, 5.41) is 0. The smallest absolute Gasteiger partial charge is 0.100 e. The molecule has 0 aromatic rings. The van der Waals surface area contributed by atoms with E-state index in [2.05, 4.69) is 41.2 Å². The Morgan fingerprint density at radius 2 is 1.80 bits per heavy atom. The van der Waals surface area contributed by atoms with Gasteiger partial charge in [-0.2, -0.15) is 0 Å². The normalized spacial score (nSPS) is 18.3. The van der Waals surface area contributed by atoms with Crippen molar-refractivity contribution < 1.29 is 4.39 Å². The van der Waals surface area contributed by atoms with E-state index in [4.69, 9.17) is 0 Å². The number of halogens is 1. The molecule has 3 atom stereocenters. The van der Waals surface area contributed by atoms with Crippen molar-refractivity contribution in [2.24, 2.45) is 17.3 Å². The van der Waals surface area contributed by atoms with Crippen LogP contribution in [0.5, 0.6) is 0 Å². The van der Waals surface area contributed by atoms with E-state index in [-0.39, 0.29) is 5.41 Å². The molecule has 90 valence electrons. The maximum Gasteiger partial charge on any atom is 0.100 e. The first-order valence-electron chi connectivity index (χ1n) is 6.01. The van der Waals surface area contributed by atoms with Gasteiger partial charge in [-0.25, -0.2) is 4.39 Å². The Balaban J connectivity index is 4.50. The Labute approximate surface area is 95.0 Å². The van der Waals surface area contributed by atoms with Crippen molar-refractivity contribution >= 4 is 0 Å². The minimum Gasteiger partial charge on any atom is -0.247 e. The SMILES string of the molecule is C=C(C)C(C)C(C)C(C)(C)CC(F)CC. The fourth-order valence-corrected chi connectivity index (χ4v) is 2.00. The highest BCUT2D eigenvalue weighted by Crippen LogP contribution is 2.39. The van der Waals surface area contributed by atoms with Gasteiger partial charge in [0.15, 0.2) is 0 Å². The summed E-state index contributed by atoms with van der Waals surface area (Å²) in [5.41, 5.74) is 1.25. The van der Waals surface area contributed by atoms with Crippen molar-refractivity contribution in [3.8, 4) is 0 Å². The van der Waals surface area contributed by atoms with Crippen molar-refractivity contribution in [2.45, 2.75) is 60.6 Å². The largest absolute Gasteiger partial charge is 0.247 e. The minimum absolute atomic E-state index is 0.0494. The van der Waals surface area contributed by atoms with Gasteiger partial charge in [-0.15, -0.1) is 0 Å². The molecule has 15 heavy (non-hydrogen) atoms. The maximum absolute atomic E-state index is 13.4. The zero-order chi connectivity index (χ0) is 12.2. The molecule has 0 N–H and O–H groups in total. The minimum atomic E-state index is -0.667. The van der Waals surface area contributed by atoms with Gasteiger partial charge < -0.3 is 0 Å². The van der Waals surface area contributed by atoms with Crippen molar-refractivity contribution in [3.05, 3.63) is 12.2 Å². The lowest BCUT2D eigenvalue weighted by Gasteiger charge is -2.37. The molecule has 0 aromatic carbocycles. The summed E-state index contributed by atoms with van der Waals surface area (Å²) >= 11 is 0. The van der Waals surface area contributed by atoms with Gasteiger partial charge in [-0.1, -0.05) is 46.8 Å². The average Bonchev–Trinajstić information content (AvgIpc) is 2.14.